The van der Waals surface area contributed by atoms with Crippen LogP contribution in [0.4, 0.5) is 4.79 Å². The van der Waals surface area contributed by atoms with Gasteiger partial charge in [-0.05, 0) is 36.5 Å². The summed E-state index contributed by atoms with van der Waals surface area (Å²) in [5.41, 5.74) is 0.966. The number of fused-ring (bicyclic) bond motifs is 1. The molecule has 2 amide bonds. The summed E-state index contributed by atoms with van der Waals surface area (Å²) in [5, 5.41) is 3.10. The van der Waals surface area contributed by atoms with Crippen LogP contribution in [0.5, 0.6) is 11.5 Å². The zero-order valence-electron chi connectivity index (χ0n) is 14.9. The van der Waals surface area contributed by atoms with Crippen LogP contribution in [-0.4, -0.2) is 43.8 Å². The Bertz CT molecular complexity index is 592. The van der Waals surface area contributed by atoms with Crippen LogP contribution < -0.4 is 14.8 Å². The summed E-state index contributed by atoms with van der Waals surface area (Å²) in [4.78, 5) is 14.3. The van der Waals surface area contributed by atoms with Gasteiger partial charge in [-0.1, -0.05) is 26.8 Å². The molecule has 0 radical (unpaired) electrons. The third kappa shape index (κ3) is 3.77. The summed E-state index contributed by atoms with van der Waals surface area (Å²) in [6, 6.07) is 6.10. The molecule has 2 heterocycles. The van der Waals surface area contributed by atoms with Gasteiger partial charge in [-0.25, -0.2) is 4.79 Å². The van der Waals surface area contributed by atoms with Crippen LogP contribution in [0.15, 0.2) is 18.2 Å². The first kappa shape index (κ1) is 16.9. The van der Waals surface area contributed by atoms with Crippen molar-refractivity contribution in [3.8, 4) is 11.5 Å². The number of rotatable bonds is 3. The van der Waals surface area contributed by atoms with Crippen molar-refractivity contribution in [3.05, 3.63) is 23.8 Å². The van der Waals surface area contributed by atoms with E-state index in [1.165, 1.54) is 0 Å². The Morgan fingerprint density at radius 3 is 2.58 bits per heavy atom. The second kappa shape index (κ2) is 6.91. The zero-order valence-corrected chi connectivity index (χ0v) is 14.9. The van der Waals surface area contributed by atoms with Crippen molar-refractivity contribution in [2.45, 2.75) is 39.0 Å². The highest BCUT2D eigenvalue weighted by molar-refractivity contribution is 5.74. The van der Waals surface area contributed by atoms with E-state index < -0.39 is 0 Å². The van der Waals surface area contributed by atoms with Crippen molar-refractivity contribution in [1.82, 2.24) is 10.2 Å². The molecular formula is C19H28N2O3. The molecule has 0 spiro atoms. The fourth-order valence-electron chi connectivity index (χ4n) is 3.19. The molecule has 132 valence electrons. The van der Waals surface area contributed by atoms with E-state index in [2.05, 4.69) is 32.2 Å². The van der Waals surface area contributed by atoms with Gasteiger partial charge in [-0.2, -0.15) is 0 Å². The molecule has 0 saturated carbocycles. The molecule has 1 N–H and O–H groups in total. The van der Waals surface area contributed by atoms with Crippen LogP contribution in [0.25, 0.3) is 0 Å². The fraction of sp³-hybridized carbons (Fsp3) is 0.632. The highest BCUT2D eigenvalue weighted by Crippen LogP contribution is 2.34. The van der Waals surface area contributed by atoms with E-state index in [1.807, 2.05) is 17.0 Å². The summed E-state index contributed by atoms with van der Waals surface area (Å²) in [6.07, 6.45) is 2.19. The van der Waals surface area contributed by atoms with E-state index in [-0.39, 0.29) is 11.4 Å². The van der Waals surface area contributed by atoms with E-state index >= 15 is 0 Å². The van der Waals surface area contributed by atoms with Gasteiger partial charge in [0.15, 0.2) is 11.5 Å². The molecule has 24 heavy (non-hydrogen) atoms. The molecule has 0 bridgehead atoms. The molecule has 0 unspecified atom stereocenters. The van der Waals surface area contributed by atoms with Gasteiger partial charge in [0.25, 0.3) is 0 Å². The number of benzene rings is 1. The maximum Gasteiger partial charge on any atom is 0.317 e. The molecule has 1 fully saturated rings. The number of urea groups is 1. The lowest BCUT2D eigenvalue weighted by Gasteiger charge is -2.32. The molecule has 0 aromatic heterocycles. The fourth-order valence-corrected chi connectivity index (χ4v) is 3.19. The number of likely N-dealkylation sites (tertiary alicyclic amines) is 1. The zero-order chi connectivity index (χ0) is 17.2. The van der Waals surface area contributed by atoms with Crippen LogP contribution in [-0.2, 0) is 5.41 Å². The summed E-state index contributed by atoms with van der Waals surface area (Å²) in [5.74, 6) is 2.32. The van der Waals surface area contributed by atoms with Crippen LogP contribution in [0, 0.1) is 5.92 Å². The quantitative estimate of drug-likeness (QED) is 0.925. The Hall–Kier alpha value is -1.91. The Balaban J connectivity index is 1.60. The van der Waals surface area contributed by atoms with Gasteiger partial charge in [0.1, 0.15) is 13.2 Å². The molecule has 2 aliphatic rings. The molecule has 0 aliphatic carbocycles. The third-order valence-corrected chi connectivity index (χ3v) is 5.08. The number of hydrogen-bond acceptors (Lipinski definition) is 3. The first-order valence-electron chi connectivity index (χ1n) is 8.88. The standard InChI is InChI=1S/C19H28N2O3/c1-14-6-8-21(9-7-14)18(22)20-13-19(2,3)15-4-5-16-17(12-15)24-11-10-23-16/h4-5,12,14H,6-11,13H2,1-3H3,(H,20,22). The molecule has 0 atom stereocenters. The number of ether oxygens (including phenoxy) is 2. The Labute approximate surface area is 144 Å². The molecule has 1 aromatic rings. The lowest BCUT2D eigenvalue weighted by Crippen LogP contribution is -2.47. The van der Waals surface area contributed by atoms with Crippen molar-refractivity contribution in [3.63, 3.8) is 0 Å². The molecule has 2 aliphatic heterocycles. The number of carbonyl (C=O) groups excluding carboxylic acids is 1. The average molecular weight is 332 g/mol. The SMILES string of the molecule is CC1CCN(C(=O)NCC(C)(C)c2ccc3c(c2)OCCO3)CC1. The minimum absolute atomic E-state index is 0.0486. The van der Waals surface area contributed by atoms with Gasteiger partial charge in [0.05, 0.1) is 0 Å². The van der Waals surface area contributed by atoms with E-state index in [0.717, 1.165) is 48.9 Å². The summed E-state index contributed by atoms with van der Waals surface area (Å²) in [7, 11) is 0. The lowest BCUT2D eigenvalue weighted by atomic mass is 9.84. The van der Waals surface area contributed by atoms with Crippen LogP contribution in [0.2, 0.25) is 0 Å². The number of nitrogens with one attached hydrogen (secondary N) is 1. The molecule has 1 saturated heterocycles. The van der Waals surface area contributed by atoms with Crippen molar-refractivity contribution in [2.24, 2.45) is 5.92 Å². The summed E-state index contributed by atoms with van der Waals surface area (Å²) in [6.45, 7) is 10.0. The van der Waals surface area contributed by atoms with Gasteiger partial charge < -0.3 is 19.7 Å². The second-order valence-corrected chi connectivity index (χ2v) is 7.57. The number of hydrogen-bond donors (Lipinski definition) is 1. The van der Waals surface area contributed by atoms with Crippen molar-refractivity contribution < 1.29 is 14.3 Å². The normalized spacial score (nSPS) is 18.4. The maximum absolute atomic E-state index is 12.4. The predicted molar refractivity (Wildman–Crippen MR) is 93.8 cm³/mol. The number of nitrogens with zero attached hydrogens (tertiary/aromatic N) is 1. The highest BCUT2D eigenvalue weighted by atomic mass is 16.6. The minimum Gasteiger partial charge on any atom is -0.486 e. The smallest absolute Gasteiger partial charge is 0.317 e. The molecular weight excluding hydrogens is 304 g/mol. The largest absolute Gasteiger partial charge is 0.486 e. The number of piperidine rings is 1. The Morgan fingerprint density at radius 2 is 1.88 bits per heavy atom. The van der Waals surface area contributed by atoms with Gasteiger partial charge in [-0.3, -0.25) is 0 Å². The molecule has 5 nitrogen and oxygen atoms in total. The molecule has 5 heteroatoms. The molecule has 3 rings (SSSR count). The topological polar surface area (TPSA) is 50.8 Å². The van der Waals surface area contributed by atoms with Crippen molar-refractivity contribution in [2.75, 3.05) is 32.8 Å². The van der Waals surface area contributed by atoms with Gasteiger partial charge in [-0.15, -0.1) is 0 Å². The van der Waals surface area contributed by atoms with E-state index in [4.69, 9.17) is 9.47 Å². The summed E-state index contributed by atoms with van der Waals surface area (Å²) < 4.78 is 11.2. The van der Waals surface area contributed by atoms with Gasteiger partial charge in [0.2, 0.25) is 0 Å². The van der Waals surface area contributed by atoms with Crippen molar-refractivity contribution in [1.29, 1.82) is 0 Å². The highest BCUT2D eigenvalue weighted by Gasteiger charge is 2.26. The molecule has 1 aromatic carbocycles. The second-order valence-electron chi connectivity index (χ2n) is 7.57. The van der Waals surface area contributed by atoms with E-state index in [0.29, 0.717) is 19.8 Å². The van der Waals surface area contributed by atoms with Crippen LogP contribution in [0.3, 0.4) is 0 Å². The summed E-state index contributed by atoms with van der Waals surface area (Å²) >= 11 is 0. The third-order valence-electron chi connectivity index (χ3n) is 5.08. The monoisotopic (exact) mass is 332 g/mol. The Kier molecular flexibility index (Phi) is 4.88. The number of amides is 2. The van der Waals surface area contributed by atoms with Crippen LogP contribution >= 0.6 is 0 Å². The first-order chi connectivity index (χ1) is 11.5. The Morgan fingerprint density at radius 1 is 1.21 bits per heavy atom. The van der Waals surface area contributed by atoms with E-state index in [9.17, 15) is 4.79 Å². The van der Waals surface area contributed by atoms with Gasteiger partial charge >= 0.3 is 6.03 Å². The van der Waals surface area contributed by atoms with Crippen molar-refractivity contribution >= 4 is 6.03 Å². The predicted octanol–water partition coefficient (Wildman–Crippen LogP) is 3.18. The van der Waals surface area contributed by atoms with Crippen LogP contribution in [0.1, 0.15) is 39.2 Å². The van der Waals surface area contributed by atoms with E-state index in [1.54, 1.807) is 0 Å². The average Bonchev–Trinajstić information content (AvgIpc) is 2.60. The lowest BCUT2D eigenvalue weighted by molar-refractivity contribution is 0.170. The maximum atomic E-state index is 12.4. The van der Waals surface area contributed by atoms with Gasteiger partial charge in [0, 0.05) is 25.0 Å². The first-order valence-corrected chi connectivity index (χ1v) is 8.88. The number of carbonyl (C=O) groups is 1. The minimum atomic E-state index is -0.172.